The highest BCUT2D eigenvalue weighted by Gasteiger charge is 2.35. The number of alkyl halides is 1. The highest BCUT2D eigenvalue weighted by molar-refractivity contribution is 7.91. The second-order valence-corrected chi connectivity index (χ2v) is 11.6. The summed E-state index contributed by atoms with van der Waals surface area (Å²) in [5.74, 6) is 0.0616. The van der Waals surface area contributed by atoms with Gasteiger partial charge in [0.25, 0.3) is 0 Å². The molecule has 0 bridgehead atoms. The predicted molar refractivity (Wildman–Crippen MR) is 119 cm³/mol. The fourth-order valence-corrected chi connectivity index (χ4v) is 5.99. The van der Waals surface area contributed by atoms with Crippen molar-refractivity contribution in [2.75, 3.05) is 11.9 Å². The van der Waals surface area contributed by atoms with Gasteiger partial charge in [0.1, 0.15) is 11.1 Å². The third kappa shape index (κ3) is 3.49. The van der Waals surface area contributed by atoms with Gasteiger partial charge in [0.05, 0.1) is 19.3 Å². The molecule has 3 N–H and O–H groups in total. The Bertz CT molecular complexity index is 1240. The van der Waals surface area contributed by atoms with Crippen molar-refractivity contribution in [3.63, 3.8) is 0 Å². The first kappa shape index (κ1) is 21.4. The normalized spacial score (nSPS) is 24.7. The van der Waals surface area contributed by atoms with Crippen molar-refractivity contribution in [1.82, 2.24) is 9.78 Å². The largest absolute Gasteiger partial charge is 0.476 e. The van der Waals surface area contributed by atoms with Crippen LogP contribution in [-0.2, 0) is 35.7 Å². The zero-order chi connectivity index (χ0) is 22.8. The first-order valence-electron chi connectivity index (χ1n) is 10.9. The van der Waals surface area contributed by atoms with Crippen molar-refractivity contribution >= 4 is 21.6 Å². The Morgan fingerprint density at radius 2 is 2.19 bits per heavy atom. The number of nitrogens with two attached hydrogens (primary N) is 1. The molecule has 10 heteroatoms. The Hall–Kier alpha value is -2.46. The molecule has 2 heterocycles. The third-order valence-electron chi connectivity index (χ3n) is 6.68. The maximum atomic E-state index is 14.5. The van der Waals surface area contributed by atoms with Gasteiger partial charge in [-0.25, -0.2) is 23.2 Å². The van der Waals surface area contributed by atoms with Crippen LogP contribution in [0.5, 0.6) is 5.88 Å². The minimum Gasteiger partial charge on any atom is -0.476 e. The number of hydrogen-bond donors (Lipinski definition) is 2. The average molecular weight is 462 g/mol. The van der Waals surface area contributed by atoms with E-state index < -0.39 is 22.1 Å². The highest BCUT2D eigenvalue weighted by atomic mass is 32.2. The van der Waals surface area contributed by atoms with Crippen LogP contribution >= 0.6 is 0 Å². The van der Waals surface area contributed by atoms with Crippen molar-refractivity contribution in [1.29, 1.82) is 0 Å². The number of carbonyl (C=O) groups excluding carboxylic acids is 1. The number of fused-ring (bicyclic) bond motifs is 3. The lowest BCUT2D eigenvalue weighted by Crippen LogP contribution is -2.33. The number of halogens is 1. The van der Waals surface area contributed by atoms with Crippen molar-refractivity contribution in [3.8, 4) is 5.88 Å². The van der Waals surface area contributed by atoms with Gasteiger partial charge in [-0.15, -0.1) is 4.36 Å². The third-order valence-corrected chi connectivity index (χ3v) is 8.02. The predicted octanol–water partition coefficient (Wildman–Crippen LogP) is 3.72. The summed E-state index contributed by atoms with van der Waals surface area (Å²) in [6.45, 7) is 6.93. The van der Waals surface area contributed by atoms with Gasteiger partial charge in [-0.05, 0) is 41.5 Å². The lowest BCUT2D eigenvalue weighted by atomic mass is 9.94. The second kappa shape index (κ2) is 7.28. The maximum Gasteiger partial charge on any atom is 0.354 e. The molecule has 3 aliphatic rings. The van der Waals surface area contributed by atoms with Gasteiger partial charge in [0.2, 0.25) is 5.88 Å². The number of anilines is 1. The molecule has 0 radical (unpaired) electrons. The molecule has 1 aromatic carbocycles. The first-order chi connectivity index (χ1) is 15.1. The number of benzene rings is 1. The SMILES string of the molecule is CC1c2cc3c(c(NC(=O)N=S(N)(=O)c4cnn5c4OCC(C)(C)C5)c2CC1F)CCC3. The molecule has 0 saturated heterocycles. The van der Waals surface area contributed by atoms with E-state index in [1.165, 1.54) is 6.20 Å². The molecule has 2 aliphatic carbocycles. The zero-order valence-corrected chi connectivity index (χ0v) is 19.3. The van der Waals surface area contributed by atoms with Crippen LogP contribution in [0.4, 0.5) is 14.9 Å². The van der Waals surface area contributed by atoms with Gasteiger partial charge in [0.15, 0.2) is 9.92 Å². The van der Waals surface area contributed by atoms with E-state index in [1.54, 1.807) is 4.68 Å². The molecular weight excluding hydrogens is 433 g/mol. The number of urea groups is 1. The van der Waals surface area contributed by atoms with Crippen LogP contribution in [0.1, 0.15) is 55.4 Å². The molecule has 2 amide bonds. The Labute approximate surface area is 187 Å². The van der Waals surface area contributed by atoms with Crippen LogP contribution in [0, 0.1) is 5.41 Å². The van der Waals surface area contributed by atoms with Crippen molar-refractivity contribution in [3.05, 3.63) is 34.5 Å². The summed E-state index contributed by atoms with van der Waals surface area (Å²) in [5.41, 5.74) is 4.39. The molecule has 0 fully saturated rings. The van der Waals surface area contributed by atoms with E-state index in [1.807, 2.05) is 20.8 Å². The molecule has 0 spiro atoms. The highest BCUT2D eigenvalue weighted by Crippen LogP contribution is 2.44. The number of aromatic nitrogens is 2. The van der Waals surface area contributed by atoms with Crippen LogP contribution in [-0.4, -0.2) is 32.8 Å². The van der Waals surface area contributed by atoms with Crippen molar-refractivity contribution in [2.45, 2.75) is 70.0 Å². The summed E-state index contributed by atoms with van der Waals surface area (Å²) in [7, 11) is -3.58. The zero-order valence-electron chi connectivity index (χ0n) is 18.5. The molecule has 3 atom stereocenters. The summed E-state index contributed by atoms with van der Waals surface area (Å²) in [4.78, 5) is 13.0. The Balaban J connectivity index is 1.48. The number of ether oxygens (including phenoxy) is 1. The molecular formula is C22H28FN5O3S. The molecule has 1 aliphatic heterocycles. The van der Waals surface area contributed by atoms with Gasteiger partial charge in [0, 0.05) is 23.4 Å². The number of nitrogens with zero attached hydrogens (tertiary/aromatic N) is 3. The molecule has 8 nitrogen and oxygen atoms in total. The maximum absolute atomic E-state index is 14.5. The quantitative estimate of drug-likeness (QED) is 0.710. The monoisotopic (exact) mass is 461 g/mol. The Morgan fingerprint density at radius 3 is 2.97 bits per heavy atom. The Kier molecular flexibility index (Phi) is 4.86. The van der Waals surface area contributed by atoms with E-state index in [9.17, 15) is 13.4 Å². The average Bonchev–Trinajstić information content (AvgIpc) is 3.39. The van der Waals surface area contributed by atoms with E-state index >= 15 is 0 Å². The lowest BCUT2D eigenvalue weighted by Gasteiger charge is -2.30. The van der Waals surface area contributed by atoms with E-state index in [0.29, 0.717) is 18.8 Å². The lowest BCUT2D eigenvalue weighted by molar-refractivity contribution is 0.0972. The first-order valence-corrected chi connectivity index (χ1v) is 12.5. The van der Waals surface area contributed by atoms with Crippen LogP contribution < -0.4 is 15.2 Å². The Morgan fingerprint density at radius 1 is 1.41 bits per heavy atom. The van der Waals surface area contributed by atoms with Crippen LogP contribution in [0.25, 0.3) is 0 Å². The molecule has 0 saturated carbocycles. The number of nitrogens with one attached hydrogen (secondary N) is 1. The minimum atomic E-state index is -3.58. The van der Waals surface area contributed by atoms with E-state index in [0.717, 1.165) is 41.5 Å². The van der Waals surface area contributed by atoms with Gasteiger partial charge in [-0.2, -0.15) is 5.10 Å². The number of rotatable bonds is 2. The van der Waals surface area contributed by atoms with Crippen molar-refractivity contribution in [2.24, 2.45) is 14.9 Å². The van der Waals surface area contributed by atoms with E-state index in [4.69, 9.17) is 9.88 Å². The minimum absolute atomic E-state index is 0.101. The number of amides is 2. The fourth-order valence-electron chi connectivity index (χ4n) is 4.99. The number of carbonyl (C=O) groups is 1. The summed E-state index contributed by atoms with van der Waals surface area (Å²) in [5, 5.41) is 13.0. The van der Waals surface area contributed by atoms with E-state index in [2.05, 4.69) is 20.8 Å². The van der Waals surface area contributed by atoms with Crippen LogP contribution in [0.2, 0.25) is 0 Å². The standard InChI is InChI=1S/C22H28FN5O3S/c1-12-15-7-13-5-4-6-14(13)19(16(15)8-17(12)23)26-21(29)27-32(24,30)18-9-25-28-10-22(2,3)11-31-20(18)28/h7,9,12,17H,4-6,8,10-11H2,1-3H3,(H3,24,26,27,29,30). The van der Waals surface area contributed by atoms with Gasteiger partial charge in [-0.1, -0.05) is 26.8 Å². The second-order valence-electron chi connectivity index (χ2n) is 9.83. The summed E-state index contributed by atoms with van der Waals surface area (Å²) in [6, 6.07) is 1.27. The van der Waals surface area contributed by atoms with E-state index in [-0.39, 0.29) is 28.5 Å². The summed E-state index contributed by atoms with van der Waals surface area (Å²) < 4.78 is 38.8. The topological polar surface area (TPSA) is 112 Å². The molecule has 5 rings (SSSR count). The van der Waals surface area contributed by atoms with Crippen molar-refractivity contribution < 1.29 is 18.1 Å². The molecule has 172 valence electrons. The fraction of sp³-hybridized carbons (Fsp3) is 0.545. The molecule has 1 aromatic heterocycles. The smallest absolute Gasteiger partial charge is 0.354 e. The molecule has 3 unspecified atom stereocenters. The number of hydrogen-bond acceptors (Lipinski definition) is 4. The van der Waals surface area contributed by atoms with Gasteiger partial charge in [-0.3, -0.25) is 0 Å². The molecule has 32 heavy (non-hydrogen) atoms. The van der Waals surface area contributed by atoms with Crippen LogP contribution in [0.15, 0.2) is 21.5 Å². The van der Waals surface area contributed by atoms with Gasteiger partial charge >= 0.3 is 6.03 Å². The van der Waals surface area contributed by atoms with Gasteiger partial charge < -0.3 is 10.1 Å². The number of aryl methyl sites for hydroxylation is 1. The summed E-state index contributed by atoms with van der Waals surface area (Å²) >= 11 is 0. The molecule has 2 aromatic rings. The summed E-state index contributed by atoms with van der Waals surface area (Å²) in [6.07, 6.45) is 3.30. The van der Waals surface area contributed by atoms with Crippen LogP contribution in [0.3, 0.4) is 0 Å².